The van der Waals surface area contributed by atoms with Crippen molar-refractivity contribution in [1.29, 1.82) is 0 Å². The number of sulfonamides is 1. The van der Waals surface area contributed by atoms with Crippen LogP contribution in [0.1, 0.15) is 61.6 Å². The van der Waals surface area contributed by atoms with Gasteiger partial charge in [-0.1, -0.05) is 36.4 Å². The first-order chi connectivity index (χ1) is 20.0. The highest BCUT2D eigenvalue weighted by Crippen LogP contribution is 2.51. The van der Waals surface area contributed by atoms with Crippen LogP contribution in [0.3, 0.4) is 0 Å². The van der Waals surface area contributed by atoms with Gasteiger partial charge >= 0.3 is 0 Å². The van der Waals surface area contributed by atoms with Gasteiger partial charge in [-0.3, -0.25) is 4.98 Å². The molecule has 0 spiro atoms. The largest absolute Gasteiger partial charge is 0.383 e. The highest BCUT2D eigenvalue weighted by atomic mass is 32.2. The van der Waals surface area contributed by atoms with Gasteiger partial charge in [0.2, 0.25) is 0 Å². The summed E-state index contributed by atoms with van der Waals surface area (Å²) in [4.78, 5) is 12.7. The molecule has 41 heavy (non-hydrogen) atoms. The Labute approximate surface area is 236 Å². The fourth-order valence-electron chi connectivity index (χ4n) is 6.85. The van der Waals surface area contributed by atoms with Crippen LogP contribution in [0.15, 0.2) is 66.3 Å². The number of benzene rings is 1. The molecule has 12 heteroatoms. The van der Waals surface area contributed by atoms with Gasteiger partial charge in [0.15, 0.2) is 5.65 Å². The first-order valence-electron chi connectivity index (χ1n) is 14.1. The molecule has 1 aromatic carbocycles. The maximum Gasteiger partial charge on any atom is 0.279 e. The van der Waals surface area contributed by atoms with Crippen molar-refractivity contribution >= 4 is 21.5 Å². The maximum absolute atomic E-state index is 13.4. The van der Waals surface area contributed by atoms with E-state index in [-0.39, 0.29) is 23.2 Å². The molecule has 8 rings (SSSR count). The third-order valence-electron chi connectivity index (χ3n) is 8.85. The van der Waals surface area contributed by atoms with E-state index >= 15 is 0 Å². The molecule has 0 unspecified atom stereocenters. The van der Waals surface area contributed by atoms with Gasteiger partial charge in [-0.25, -0.2) is 13.4 Å². The molecule has 1 aliphatic carbocycles. The summed E-state index contributed by atoms with van der Waals surface area (Å²) in [6, 6.07) is 13.9. The van der Waals surface area contributed by atoms with Crippen LogP contribution in [0.4, 0.5) is 5.82 Å². The van der Waals surface area contributed by atoms with Gasteiger partial charge in [0.25, 0.3) is 15.2 Å². The zero-order valence-electron chi connectivity index (χ0n) is 22.3. The van der Waals surface area contributed by atoms with Gasteiger partial charge in [-0.15, -0.1) is 10.2 Å². The molecule has 208 valence electrons. The van der Waals surface area contributed by atoms with Crippen molar-refractivity contribution in [1.82, 2.24) is 39.1 Å². The standard InChI is InChI=1S/C29H29N9O2S/c30-27-25(18-6-7-18)26(20-12-21-9-10-22(13-20)38(21)41(39,40)29-32-16-33-36-29)35-28-23(15-34-37(27)28)19-8-11-24(31-14-19)17-4-2-1-3-5-17/h1-5,8,11,14-16,18,20-22H,6-7,9-10,12-13,30H2,(H,32,33,36)/t20-,21-,22+. The topological polar surface area (TPSA) is 148 Å². The van der Waals surface area contributed by atoms with Crippen LogP contribution in [-0.4, -0.2) is 59.6 Å². The lowest BCUT2D eigenvalue weighted by Crippen LogP contribution is -2.46. The molecule has 0 radical (unpaired) electrons. The number of fused-ring (bicyclic) bond motifs is 3. The van der Waals surface area contributed by atoms with Crippen LogP contribution in [0.25, 0.3) is 28.0 Å². The highest BCUT2D eigenvalue weighted by molar-refractivity contribution is 7.89. The quantitative estimate of drug-likeness (QED) is 0.311. The number of piperidine rings is 1. The average Bonchev–Trinajstić information content (AvgIpc) is 3.37. The van der Waals surface area contributed by atoms with Gasteiger partial charge < -0.3 is 10.7 Å². The summed E-state index contributed by atoms with van der Waals surface area (Å²) in [5.41, 5.74) is 13.4. The minimum absolute atomic E-state index is 0.0916. The molecule has 4 aromatic heterocycles. The maximum atomic E-state index is 13.4. The minimum Gasteiger partial charge on any atom is -0.383 e. The number of aromatic nitrogens is 7. The van der Waals surface area contributed by atoms with Gasteiger partial charge in [0.1, 0.15) is 12.1 Å². The third kappa shape index (κ3) is 3.96. The molecule has 3 atom stereocenters. The number of nitrogens with zero attached hydrogens (tertiary/aromatic N) is 7. The molecule has 2 bridgehead atoms. The van der Waals surface area contributed by atoms with E-state index in [1.165, 1.54) is 6.33 Å². The second-order valence-corrected chi connectivity index (χ2v) is 13.1. The molecule has 3 aliphatic rings. The van der Waals surface area contributed by atoms with Crippen molar-refractivity contribution in [2.75, 3.05) is 5.73 Å². The molecular formula is C29H29N9O2S. The van der Waals surface area contributed by atoms with E-state index in [9.17, 15) is 8.42 Å². The van der Waals surface area contributed by atoms with Crippen LogP contribution in [0, 0.1) is 0 Å². The van der Waals surface area contributed by atoms with Crippen LogP contribution in [0.5, 0.6) is 0 Å². The Morgan fingerprint density at radius 2 is 1.68 bits per heavy atom. The van der Waals surface area contributed by atoms with Gasteiger partial charge in [0, 0.05) is 46.5 Å². The summed E-state index contributed by atoms with van der Waals surface area (Å²) in [6.45, 7) is 0. The number of nitrogens with one attached hydrogen (secondary N) is 1. The van der Waals surface area contributed by atoms with E-state index < -0.39 is 10.0 Å². The fourth-order valence-corrected chi connectivity index (χ4v) is 8.57. The van der Waals surface area contributed by atoms with Crippen LogP contribution in [-0.2, 0) is 10.0 Å². The number of anilines is 1. The van der Waals surface area contributed by atoms with E-state index in [1.807, 2.05) is 54.9 Å². The molecular weight excluding hydrogens is 538 g/mol. The number of aromatic amines is 1. The van der Waals surface area contributed by atoms with Crippen LogP contribution in [0.2, 0.25) is 0 Å². The Morgan fingerprint density at radius 1 is 0.902 bits per heavy atom. The Hall–Kier alpha value is -4.16. The van der Waals surface area contributed by atoms with E-state index in [1.54, 1.807) is 8.82 Å². The predicted molar refractivity (Wildman–Crippen MR) is 152 cm³/mol. The van der Waals surface area contributed by atoms with Crippen molar-refractivity contribution in [2.24, 2.45) is 0 Å². The molecule has 3 N–H and O–H groups in total. The number of pyridine rings is 1. The number of hydrogen-bond donors (Lipinski definition) is 2. The number of rotatable bonds is 6. The number of H-pyrrole nitrogens is 1. The number of nitrogens with two attached hydrogens (primary N) is 1. The van der Waals surface area contributed by atoms with Crippen molar-refractivity contribution in [3.8, 4) is 22.4 Å². The average molecular weight is 568 g/mol. The first kappa shape index (κ1) is 24.6. The minimum atomic E-state index is -3.74. The Morgan fingerprint density at radius 3 is 2.34 bits per heavy atom. The summed E-state index contributed by atoms with van der Waals surface area (Å²) in [7, 11) is -3.74. The van der Waals surface area contributed by atoms with Crippen LogP contribution < -0.4 is 5.73 Å². The molecule has 0 amide bonds. The number of nitrogen functional groups attached to an aromatic ring is 1. The van der Waals surface area contributed by atoms with Crippen molar-refractivity contribution < 1.29 is 8.42 Å². The van der Waals surface area contributed by atoms with Crippen LogP contribution >= 0.6 is 0 Å². The second kappa shape index (κ2) is 9.18. The molecule has 1 saturated carbocycles. The summed E-state index contributed by atoms with van der Waals surface area (Å²) in [6.07, 6.45) is 10.2. The third-order valence-corrected chi connectivity index (χ3v) is 10.7. The molecule has 2 aliphatic heterocycles. The van der Waals surface area contributed by atoms with E-state index in [0.717, 1.165) is 59.3 Å². The monoisotopic (exact) mass is 567 g/mol. The van der Waals surface area contributed by atoms with E-state index in [0.29, 0.717) is 30.2 Å². The van der Waals surface area contributed by atoms with Crippen molar-refractivity contribution in [3.63, 3.8) is 0 Å². The summed E-state index contributed by atoms with van der Waals surface area (Å²) < 4.78 is 30.2. The smallest absolute Gasteiger partial charge is 0.279 e. The molecule has 6 heterocycles. The summed E-state index contributed by atoms with van der Waals surface area (Å²) in [5.74, 6) is 1.12. The SMILES string of the molecule is Nc1c(C2CC2)c([C@@H]2C[C@H]3CC[C@@H](C2)N3S(=O)(=O)c2nnc[nH]2)nc2c(-c3ccc(-c4ccccc4)nc3)cnn12. The summed E-state index contributed by atoms with van der Waals surface area (Å²) in [5, 5.41) is 12.1. The lowest BCUT2D eigenvalue weighted by molar-refractivity contribution is 0.222. The first-order valence-corrected chi connectivity index (χ1v) is 15.5. The lowest BCUT2D eigenvalue weighted by atomic mass is 9.86. The zero-order chi connectivity index (χ0) is 27.7. The summed E-state index contributed by atoms with van der Waals surface area (Å²) >= 11 is 0. The fraction of sp³-hybridized carbons (Fsp3) is 0.345. The molecule has 11 nitrogen and oxygen atoms in total. The molecule has 5 aromatic rings. The zero-order valence-corrected chi connectivity index (χ0v) is 23.1. The highest BCUT2D eigenvalue weighted by Gasteiger charge is 2.49. The lowest BCUT2D eigenvalue weighted by Gasteiger charge is -2.37. The van der Waals surface area contributed by atoms with Crippen molar-refractivity contribution in [2.45, 2.75) is 67.6 Å². The van der Waals surface area contributed by atoms with Gasteiger partial charge in [0.05, 0.1) is 17.6 Å². The predicted octanol–water partition coefficient (Wildman–Crippen LogP) is 4.14. The molecule has 2 saturated heterocycles. The van der Waals surface area contributed by atoms with Crippen molar-refractivity contribution in [3.05, 3.63) is 72.4 Å². The second-order valence-electron chi connectivity index (χ2n) is 11.3. The Balaban J connectivity index is 1.17. The van der Waals surface area contributed by atoms with E-state index in [4.69, 9.17) is 15.7 Å². The number of hydrogen-bond acceptors (Lipinski definition) is 8. The molecule has 3 fully saturated rings. The Kier molecular flexibility index (Phi) is 5.51. The van der Waals surface area contributed by atoms with Gasteiger partial charge in [-0.05, 0) is 50.5 Å². The van der Waals surface area contributed by atoms with Gasteiger partial charge in [-0.2, -0.15) is 13.9 Å². The Bertz CT molecular complexity index is 1840. The normalized spacial score (nSPS) is 22.9. The van der Waals surface area contributed by atoms with E-state index in [2.05, 4.69) is 20.3 Å².